The van der Waals surface area contributed by atoms with E-state index in [1.165, 1.54) is 22.3 Å². The third-order valence-electron chi connectivity index (χ3n) is 8.24. The van der Waals surface area contributed by atoms with Gasteiger partial charge in [0.1, 0.15) is 0 Å². The number of hydrogen-bond donors (Lipinski definition) is 2. The quantitative estimate of drug-likeness (QED) is 0.340. The Morgan fingerprint density at radius 2 is 0.800 bits per heavy atom. The van der Waals surface area contributed by atoms with E-state index in [1.54, 1.807) is 22.3 Å². The SMILES string of the molecule is CC1=C(C)[CH]([Ti]([CH3])([CH3])[NH]C(C)(C)C)c2ccccc21.CC1=C(C)[CH]([Ti]([CH3])([CH3])[NH]C(C)(C)C)c2ccccc21.[SiH4].[SiH4]. The van der Waals surface area contributed by atoms with Crippen LogP contribution in [-0.4, -0.2) is 33.0 Å². The van der Waals surface area contributed by atoms with E-state index >= 15 is 0 Å². The van der Waals surface area contributed by atoms with E-state index in [9.17, 15) is 0 Å². The van der Waals surface area contributed by atoms with Crippen LogP contribution in [0.3, 0.4) is 0 Å². The summed E-state index contributed by atoms with van der Waals surface area (Å²) in [5.41, 5.74) is 12.6. The Bertz CT molecular complexity index is 1150. The van der Waals surface area contributed by atoms with Crippen LogP contribution in [-0.2, 0) is 33.7 Å². The minimum atomic E-state index is -2.14. The van der Waals surface area contributed by atoms with E-state index in [4.69, 9.17) is 0 Å². The van der Waals surface area contributed by atoms with Crippen molar-refractivity contribution < 1.29 is 33.7 Å². The average molecular weight is 651 g/mol. The summed E-state index contributed by atoms with van der Waals surface area (Å²) in [6.45, 7) is 22.9. The Hall–Kier alpha value is -0.298. The first-order chi connectivity index (χ1) is 17.3. The molecule has 2 aliphatic rings. The van der Waals surface area contributed by atoms with E-state index in [-0.39, 0.29) is 33.0 Å². The zero-order valence-corrected chi connectivity index (χ0v) is 29.9. The zero-order chi connectivity index (χ0) is 28.8. The molecule has 2 aliphatic carbocycles. The second-order valence-electron chi connectivity index (χ2n) is 14.8. The van der Waals surface area contributed by atoms with Gasteiger partial charge in [0.05, 0.1) is 0 Å². The standard InChI is InChI=1S/2C11H11.2C4H10N.4CH3.2H4Si.2Ti/c2*1-8-7-10-5-3-4-6-11(10)9(8)2;2*1-4(2,3)5;;;;;;;;/h2*3-7H,1-2H3;2*5H,1-3H3;4*1H3;2*1H4;;/q;;2*-1;;;;;;;2*+1. The first-order valence-electron chi connectivity index (χ1n) is 14.4. The van der Waals surface area contributed by atoms with Crippen molar-refractivity contribution in [2.45, 2.75) is 110 Å². The molecule has 0 radical (unpaired) electrons. The Labute approximate surface area is 264 Å². The summed E-state index contributed by atoms with van der Waals surface area (Å²) >= 11 is -4.27. The molecule has 0 aromatic heterocycles. The van der Waals surface area contributed by atoms with Crippen molar-refractivity contribution in [1.82, 2.24) is 7.60 Å². The van der Waals surface area contributed by atoms with E-state index in [0.29, 0.717) is 8.45 Å². The van der Waals surface area contributed by atoms with Gasteiger partial charge >= 0.3 is 244 Å². The monoisotopic (exact) mass is 650 g/mol. The van der Waals surface area contributed by atoms with Crippen LogP contribution in [0.25, 0.3) is 11.1 Å². The maximum Gasteiger partial charge on any atom is -0.0149 e. The summed E-state index contributed by atoms with van der Waals surface area (Å²) in [6, 6.07) is 17.9. The molecule has 0 spiro atoms. The molecular weight excluding hydrogens is 588 g/mol. The molecule has 0 heterocycles. The van der Waals surface area contributed by atoms with Crippen molar-refractivity contribution >= 4 is 33.1 Å². The molecule has 0 fully saturated rings. The first kappa shape index (κ1) is 37.7. The van der Waals surface area contributed by atoms with Crippen molar-refractivity contribution in [1.29, 1.82) is 0 Å². The van der Waals surface area contributed by atoms with Gasteiger partial charge in [0.15, 0.2) is 0 Å². The number of nitrogens with one attached hydrogen (secondary N) is 2. The zero-order valence-electron chi connectivity index (χ0n) is 26.8. The van der Waals surface area contributed by atoms with Gasteiger partial charge in [0.25, 0.3) is 0 Å². The molecule has 224 valence electrons. The van der Waals surface area contributed by atoms with E-state index in [0.717, 1.165) is 0 Å². The molecule has 0 bridgehead atoms. The molecule has 0 amide bonds. The fraction of sp³-hybridized carbons (Fsp3) is 0.529. The van der Waals surface area contributed by atoms with Crippen LogP contribution in [0, 0.1) is 0 Å². The van der Waals surface area contributed by atoms with Crippen molar-refractivity contribution in [3.05, 3.63) is 81.9 Å². The predicted octanol–water partition coefficient (Wildman–Crippen LogP) is 7.27. The predicted molar refractivity (Wildman–Crippen MR) is 187 cm³/mol. The van der Waals surface area contributed by atoms with Gasteiger partial charge in [-0.2, -0.15) is 0 Å². The molecule has 0 aliphatic heterocycles. The molecule has 40 heavy (non-hydrogen) atoms. The van der Waals surface area contributed by atoms with Gasteiger partial charge < -0.3 is 0 Å². The van der Waals surface area contributed by atoms with Crippen molar-refractivity contribution in [2.24, 2.45) is 0 Å². The Morgan fingerprint density at radius 1 is 0.525 bits per heavy atom. The van der Waals surface area contributed by atoms with Gasteiger partial charge in [0, 0.05) is 0 Å². The van der Waals surface area contributed by atoms with E-state index in [1.807, 2.05) is 0 Å². The molecule has 2 unspecified atom stereocenters. The first-order valence-corrected chi connectivity index (χ1v) is 24.0. The normalized spacial score (nSPS) is 18.9. The molecule has 2 aromatic rings. The Balaban J connectivity index is 0.000000381. The maximum absolute atomic E-state index is 3.98. The molecular formula is C34H62N2Si2Ti2. The second-order valence-corrected chi connectivity index (χ2v) is 28.2. The van der Waals surface area contributed by atoms with E-state index in [2.05, 4.69) is 146 Å². The third-order valence-corrected chi connectivity index (χ3v) is 19.4. The topological polar surface area (TPSA) is 24.1 Å². The minimum Gasteiger partial charge on any atom is -0.0149 e. The summed E-state index contributed by atoms with van der Waals surface area (Å²) < 4.78 is 9.26. The van der Waals surface area contributed by atoms with Gasteiger partial charge in [-0.25, -0.2) is 0 Å². The smallest absolute Gasteiger partial charge is 0.0149 e. The van der Waals surface area contributed by atoms with Crippen LogP contribution >= 0.6 is 0 Å². The van der Waals surface area contributed by atoms with Crippen molar-refractivity contribution in [3.63, 3.8) is 0 Å². The third kappa shape index (κ3) is 8.41. The fourth-order valence-electron chi connectivity index (χ4n) is 7.44. The summed E-state index contributed by atoms with van der Waals surface area (Å²) in [6.07, 6.45) is 0. The van der Waals surface area contributed by atoms with Crippen molar-refractivity contribution in [2.75, 3.05) is 0 Å². The number of fused-ring (bicyclic) bond motifs is 2. The molecule has 0 saturated heterocycles. The van der Waals surface area contributed by atoms with Crippen LogP contribution in [0.15, 0.2) is 59.7 Å². The Kier molecular flexibility index (Phi) is 12.8. The number of rotatable bonds is 4. The maximum atomic E-state index is 3.98. The minimum absolute atomic E-state index is 0. The molecule has 2 nitrogen and oxygen atoms in total. The number of hydrogen-bond acceptors (Lipinski definition) is 2. The second kappa shape index (κ2) is 13.6. The summed E-state index contributed by atoms with van der Waals surface area (Å²) in [5.74, 6) is 0. The van der Waals surface area contributed by atoms with Gasteiger partial charge in [-0.3, -0.25) is 0 Å². The summed E-state index contributed by atoms with van der Waals surface area (Å²) in [7, 11) is 0. The van der Waals surface area contributed by atoms with Crippen LogP contribution in [0.1, 0.15) is 99.9 Å². The molecule has 2 atom stereocenters. The van der Waals surface area contributed by atoms with Gasteiger partial charge in [-0.05, 0) is 21.9 Å². The van der Waals surface area contributed by atoms with Gasteiger partial charge in [0.2, 0.25) is 0 Å². The molecule has 2 aromatic carbocycles. The van der Waals surface area contributed by atoms with Gasteiger partial charge in [-0.15, -0.1) is 0 Å². The van der Waals surface area contributed by atoms with Crippen LogP contribution in [0.5, 0.6) is 0 Å². The Morgan fingerprint density at radius 3 is 1.07 bits per heavy atom. The average Bonchev–Trinajstić information content (AvgIpc) is 3.16. The largest absolute Gasteiger partial charge is 0.0149 e. The van der Waals surface area contributed by atoms with Crippen LogP contribution in [0.4, 0.5) is 0 Å². The van der Waals surface area contributed by atoms with Crippen LogP contribution < -0.4 is 7.60 Å². The molecule has 0 saturated carbocycles. The van der Waals surface area contributed by atoms with E-state index < -0.39 is 33.7 Å². The van der Waals surface area contributed by atoms with Gasteiger partial charge in [-0.1, -0.05) is 0 Å². The molecule has 4 rings (SSSR count). The number of allylic oxidation sites excluding steroid dienone is 4. The van der Waals surface area contributed by atoms with Crippen LogP contribution in [0.2, 0.25) is 20.9 Å². The summed E-state index contributed by atoms with van der Waals surface area (Å²) in [4.78, 5) is 0. The number of benzene rings is 2. The molecule has 6 heteroatoms. The molecule has 2 N–H and O–H groups in total. The fourth-order valence-corrected chi connectivity index (χ4v) is 21.2. The van der Waals surface area contributed by atoms with Crippen molar-refractivity contribution in [3.8, 4) is 0 Å². The summed E-state index contributed by atoms with van der Waals surface area (Å²) in [5, 5.41) is 10.0.